The number of amides is 1. The predicted octanol–water partition coefficient (Wildman–Crippen LogP) is 1.58. The van der Waals surface area contributed by atoms with E-state index in [1.165, 1.54) is 0 Å². The van der Waals surface area contributed by atoms with Gasteiger partial charge in [-0.05, 0) is 31.9 Å². The number of carbonyl (C=O) groups is 1. The number of aliphatic hydroxyl groups excluding tert-OH is 1. The van der Waals surface area contributed by atoms with Crippen molar-refractivity contribution in [3.05, 3.63) is 23.8 Å². The molecule has 1 aromatic rings. The van der Waals surface area contributed by atoms with Crippen LogP contribution in [0.25, 0.3) is 0 Å². The number of ether oxygens (including phenoxy) is 2. The van der Waals surface area contributed by atoms with E-state index in [-0.39, 0.29) is 12.5 Å². The van der Waals surface area contributed by atoms with E-state index < -0.39 is 6.10 Å². The molecule has 1 N–H and O–H groups in total. The summed E-state index contributed by atoms with van der Waals surface area (Å²) >= 11 is 0. The second-order valence-corrected chi connectivity index (χ2v) is 4.92. The molecule has 0 bridgehead atoms. The summed E-state index contributed by atoms with van der Waals surface area (Å²) in [5.74, 6) is 1.12. The van der Waals surface area contributed by atoms with Crippen LogP contribution in [-0.4, -0.2) is 42.2 Å². The number of nitrogens with zero attached hydrogens (tertiary/aromatic N) is 1. The summed E-state index contributed by atoms with van der Waals surface area (Å²) < 4.78 is 10.9. The summed E-state index contributed by atoms with van der Waals surface area (Å²) in [6, 6.07) is 5.19. The zero-order valence-corrected chi connectivity index (χ0v) is 12.0. The third-order valence-corrected chi connectivity index (χ3v) is 3.51. The van der Waals surface area contributed by atoms with Crippen LogP contribution in [0.2, 0.25) is 0 Å². The van der Waals surface area contributed by atoms with Crippen LogP contribution in [0, 0.1) is 0 Å². The first-order valence-corrected chi connectivity index (χ1v) is 6.89. The van der Waals surface area contributed by atoms with Gasteiger partial charge < -0.3 is 19.5 Å². The Labute approximate surface area is 119 Å². The highest BCUT2D eigenvalue weighted by Crippen LogP contribution is 2.26. The summed E-state index contributed by atoms with van der Waals surface area (Å²) in [4.78, 5) is 14.0. The average molecular weight is 279 g/mol. The number of methoxy groups -OCH3 is 1. The lowest BCUT2D eigenvalue weighted by Crippen LogP contribution is -2.38. The summed E-state index contributed by atoms with van der Waals surface area (Å²) in [6.45, 7) is 3.21. The minimum Gasteiger partial charge on any atom is -0.497 e. The van der Waals surface area contributed by atoms with Gasteiger partial charge in [0.05, 0.1) is 13.7 Å². The van der Waals surface area contributed by atoms with Crippen LogP contribution in [0.4, 0.5) is 0 Å². The van der Waals surface area contributed by atoms with Crippen molar-refractivity contribution in [2.75, 3.05) is 20.2 Å². The SMILES string of the molecule is COc1ccc(CO)c(OC(C)C(=O)N2CCCC2)c1. The molecule has 1 fully saturated rings. The van der Waals surface area contributed by atoms with E-state index in [1.54, 1.807) is 32.2 Å². The molecule has 0 saturated carbocycles. The number of benzene rings is 1. The molecule has 110 valence electrons. The van der Waals surface area contributed by atoms with Gasteiger partial charge in [0.1, 0.15) is 11.5 Å². The monoisotopic (exact) mass is 279 g/mol. The summed E-state index contributed by atoms with van der Waals surface area (Å²) in [5, 5.41) is 9.33. The Hall–Kier alpha value is -1.75. The van der Waals surface area contributed by atoms with Crippen molar-refractivity contribution in [1.82, 2.24) is 4.90 Å². The highest BCUT2D eigenvalue weighted by molar-refractivity contribution is 5.81. The number of rotatable bonds is 5. The van der Waals surface area contributed by atoms with E-state index in [0.29, 0.717) is 17.1 Å². The maximum absolute atomic E-state index is 12.2. The Bertz CT molecular complexity index is 469. The fraction of sp³-hybridized carbons (Fsp3) is 0.533. The van der Waals surface area contributed by atoms with Crippen LogP contribution in [0.15, 0.2) is 18.2 Å². The number of hydrogen-bond acceptors (Lipinski definition) is 4. The lowest BCUT2D eigenvalue weighted by Gasteiger charge is -2.22. The topological polar surface area (TPSA) is 59.0 Å². The average Bonchev–Trinajstić information content (AvgIpc) is 3.00. The number of hydrogen-bond donors (Lipinski definition) is 1. The Morgan fingerprint density at radius 3 is 2.70 bits per heavy atom. The first-order chi connectivity index (χ1) is 9.65. The van der Waals surface area contributed by atoms with Crippen molar-refractivity contribution in [2.24, 2.45) is 0 Å². The van der Waals surface area contributed by atoms with Crippen LogP contribution in [0.3, 0.4) is 0 Å². The molecule has 0 spiro atoms. The molecule has 5 heteroatoms. The first kappa shape index (κ1) is 14.7. The Kier molecular flexibility index (Phi) is 4.84. The van der Waals surface area contributed by atoms with E-state index in [2.05, 4.69) is 0 Å². The molecule has 1 saturated heterocycles. The molecular formula is C15H21NO4. The maximum Gasteiger partial charge on any atom is 0.263 e. The lowest BCUT2D eigenvalue weighted by molar-refractivity contribution is -0.136. The zero-order valence-electron chi connectivity index (χ0n) is 12.0. The van der Waals surface area contributed by atoms with Crippen molar-refractivity contribution >= 4 is 5.91 Å². The zero-order chi connectivity index (χ0) is 14.5. The van der Waals surface area contributed by atoms with E-state index in [0.717, 1.165) is 25.9 Å². The second kappa shape index (κ2) is 6.61. The van der Waals surface area contributed by atoms with Gasteiger partial charge in [0.15, 0.2) is 6.10 Å². The minimum atomic E-state index is -0.564. The highest BCUT2D eigenvalue weighted by atomic mass is 16.5. The van der Waals surface area contributed by atoms with Gasteiger partial charge in [0.25, 0.3) is 5.91 Å². The van der Waals surface area contributed by atoms with Crippen LogP contribution < -0.4 is 9.47 Å². The van der Waals surface area contributed by atoms with Crippen LogP contribution >= 0.6 is 0 Å². The number of likely N-dealkylation sites (tertiary alicyclic amines) is 1. The molecular weight excluding hydrogens is 258 g/mol. The fourth-order valence-corrected chi connectivity index (χ4v) is 2.34. The van der Waals surface area contributed by atoms with Crippen molar-refractivity contribution in [2.45, 2.75) is 32.5 Å². The summed E-state index contributed by atoms with van der Waals surface area (Å²) in [7, 11) is 1.57. The van der Waals surface area contributed by atoms with E-state index >= 15 is 0 Å². The Balaban J connectivity index is 2.09. The van der Waals surface area contributed by atoms with Crippen molar-refractivity contribution in [3.63, 3.8) is 0 Å². The minimum absolute atomic E-state index is 0.00536. The largest absolute Gasteiger partial charge is 0.497 e. The van der Waals surface area contributed by atoms with Gasteiger partial charge >= 0.3 is 0 Å². The quantitative estimate of drug-likeness (QED) is 0.889. The van der Waals surface area contributed by atoms with Crippen LogP contribution in [-0.2, 0) is 11.4 Å². The fourth-order valence-electron chi connectivity index (χ4n) is 2.34. The number of carbonyl (C=O) groups excluding carboxylic acids is 1. The van der Waals surface area contributed by atoms with Crippen molar-refractivity contribution in [1.29, 1.82) is 0 Å². The van der Waals surface area contributed by atoms with Gasteiger partial charge in [0, 0.05) is 24.7 Å². The van der Waals surface area contributed by atoms with Gasteiger partial charge in [-0.1, -0.05) is 0 Å². The van der Waals surface area contributed by atoms with Gasteiger partial charge in [-0.3, -0.25) is 4.79 Å². The van der Waals surface area contributed by atoms with Crippen LogP contribution in [0.5, 0.6) is 11.5 Å². The molecule has 1 aromatic carbocycles. The van der Waals surface area contributed by atoms with Gasteiger partial charge in [-0.2, -0.15) is 0 Å². The standard InChI is InChI=1S/C15H21NO4/c1-11(15(18)16-7-3-4-8-16)20-14-9-13(19-2)6-5-12(14)10-17/h5-6,9,11,17H,3-4,7-8,10H2,1-2H3. The molecule has 1 atom stereocenters. The molecule has 1 aliphatic rings. The van der Waals surface area contributed by atoms with E-state index in [4.69, 9.17) is 9.47 Å². The molecule has 5 nitrogen and oxygen atoms in total. The molecule has 1 unspecified atom stereocenters. The third-order valence-electron chi connectivity index (χ3n) is 3.51. The first-order valence-electron chi connectivity index (χ1n) is 6.89. The Morgan fingerprint density at radius 2 is 2.10 bits per heavy atom. The number of aliphatic hydroxyl groups is 1. The van der Waals surface area contributed by atoms with Crippen LogP contribution in [0.1, 0.15) is 25.3 Å². The molecule has 2 rings (SSSR count). The van der Waals surface area contributed by atoms with Gasteiger partial charge in [0.2, 0.25) is 0 Å². The second-order valence-electron chi connectivity index (χ2n) is 4.92. The Morgan fingerprint density at radius 1 is 1.40 bits per heavy atom. The van der Waals surface area contributed by atoms with Gasteiger partial charge in [-0.25, -0.2) is 0 Å². The predicted molar refractivity (Wildman–Crippen MR) is 74.8 cm³/mol. The third kappa shape index (κ3) is 3.22. The summed E-state index contributed by atoms with van der Waals surface area (Å²) in [5.41, 5.74) is 0.645. The molecule has 0 radical (unpaired) electrons. The lowest BCUT2D eigenvalue weighted by atomic mass is 10.2. The van der Waals surface area contributed by atoms with E-state index in [9.17, 15) is 9.90 Å². The molecule has 1 amide bonds. The van der Waals surface area contributed by atoms with E-state index in [1.807, 2.05) is 4.90 Å². The molecule has 20 heavy (non-hydrogen) atoms. The maximum atomic E-state index is 12.2. The van der Waals surface area contributed by atoms with Crippen molar-refractivity contribution in [3.8, 4) is 11.5 Å². The molecule has 0 aliphatic carbocycles. The smallest absolute Gasteiger partial charge is 0.263 e. The molecule has 1 heterocycles. The molecule has 0 aromatic heterocycles. The normalized spacial score (nSPS) is 16.1. The molecule has 1 aliphatic heterocycles. The summed E-state index contributed by atoms with van der Waals surface area (Å²) in [6.07, 6.45) is 1.55. The van der Waals surface area contributed by atoms with Crippen molar-refractivity contribution < 1.29 is 19.4 Å². The van der Waals surface area contributed by atoms with Gasteiger partial charge in [-0.15, -0.1) is 0 Å². The highest BCUT2D eigenvalue weighted by Gasteiger charge is 2.25.